The monoisotopic (exact) mass is 368 g/mol. The van der Waals surface area contributed by atoms with E-state index in [9.17, 15) is 10.1 Å². The van der Waals surface area contributed by atoms with Crippen LogP contribution in [-0.4, -0.2) is 24.1 Å². The minimum Gasteiger partial charge on any atom is -0.493 e. The number of hydrogen-bond acceptors (Lipinski definition) is 6. The third kappa shape index (κ3) is 3.73. The summed E-state index contributed by atoms with van der Waals surface area (Å²) in [7, 11) is 3.18. The van der Waals surface area contributed by atoms with Crippen LogP contribution in [-0.2, 0) is 0 Å². The molecule has 0 bridgehead atoms. The van der Waals surface area contributed by atoms with E-state index in [2.05, 4.69) is 4.98 Å². The minimum atomic E-state index is -0.392. The number of thiazole rings is 1. The van der Waals surface area contributed by atoms with Crippen LogP contribution in [0, 0.1) is 10.1 Å². The number of para-hydroxylation sites is 1. The molecule has 0 fully saturated rings. The zero-order valence-corrected chi connectivity index (χ0v) is 15.0. The highest BCUT2D eigenvalue weighted by Gasteiger charge is 2.11. The van der Waals surface area contributed by atoms with Crippen LogP contribution in [0.25, 0.3) is 23.4 Å². The molecule has 132 valence electrons. The summed E-state index contributed by atoms with van der Waals surface area (Å²) in [4.78, 5) is 15.2. The maximum atomic E-state index is 11.1. The highest BCUT2D eigenvalue weighted by Crippen LogP contribution is 2.33. The summed E-state index contributed by atoms with van der Waals surface area (Å²) in [6.07, 6.45) is 3.48. The van der Waals surface area contributed by atoms with Gasteiger partial charge in [0.15, 0.2) is 11.5 Å². The fraction of sp³-hybridized carbons (Fsp3) is 0.105. The third-order valence-corrected chi connectivity index (χ3v) is 4.55. The smallest absolute Gasteiger partial charge is 0.276 e. The number of nitro benzene ring substituents is 1. The van der Waals surface area contributed by atoms with Crippen LogP contribution in [0.3, 0.4) is 0 Å². The second kappa shape index (κ2) is 7.79. The molecule has 1 aromatic heterocycles. The molecule has 3 rings (SSSR count). The van der Waals surface area contributed by atoms with Crippen LogP contribution >= 0.6 is 11.3 Å². The lowest BCUT2D eigenvalue weighted by Crippen LogP contribution is -1.91. The highest BCUT2D eigenvalue weighted by atomic mass is 32.1. The zero-order valence-electron chi connectivity index (χ0n) is 14.2. The van der Waals surface area contributed by atoms with Gasteiger partial charge in [-0.1, -0.05) is 12.1 Å². The molecular weight excluding hydrogens is 352 g/mol. The van der Waals surface area contributed by atoms with Crippen molar-refractivity contribution in [2.24, 2.45) is 0 Å². The number of benzene rings is 2. The van der Waals surface area contributed by atoms with Crippen LogP contribution in [0.1, 0.15) is 10.6 Å². The molecule has 3 aromatic rings. The van der Waals surface area contributed by atoms with E-state index in [0.717, 1.165) is 16.3 Å². The maximum absolute atomic E-state index is 11.1. The fourth-order valence-electron chi connectivity index (χ4n) is 2.45. The van der Waals surface area contributed by atoms with Crippen molar-refractivity contribution in [2.45, 2.75) is 0 Å². The van der Waals surface area contributed by atoms with Gasteiger partial charge in [-0.05, 0) is 36.4 Å². The number of hydrogen-bond donors (Lipinski definition) is 0. The molecule has 0 saturated carbocycles. The molecule has 7 heteroatoms. The normalized spacial score (nSPS) is 10.8. The first-order valence-electron chi connectivity index (χ1n) is 7.72. The maximum Gasteiger partial charge on any atom is 0.276 e. The molecule has 0 unspecified atom stereocenters. The first kappa shape index (κ1) is 17.6. The van der Waals surface area contributed by atoms with Gasteiger partial charge in [0.1, 0.15) is 5.01 Å². The topological polar surface area (TPSA) is 74.5 Å². The van der Waals surface area contributed by atoms with Crippen LogP contribution < -0.4 is 9.47 Å². The van der Waals surface area contributed by atoms with Crippen molar-refractivity contribution < 1.29 is 14.4 Å². The largest absolute Gasteiger partial charge is 0.493 e. The van der Waals surface area contributed by atoms with E-state index in [1.54, 1.807) is 44.6 Å². The number of ether oxygens (including phenoxy) is 2. The van der Waals surface area contributed by atoms with Crippen molar-refractivity contribution in [1.82, 2.24) is 4.98 Å². The summed E-state index contributed by atoms with van der Waals surface area (Å²) in [6, 6.07) is 12.2. The number of rotatable bonds is 6. The molecule has 0 aliphatic heterocycles. The first-order chi connectivity index (χ1) is 12.6. The molecule has 2 aromatic carbocycles. The number of methoxy groups -OCH3 is 2. The van der Waals surface area contributed by atoms with Crippen molar-refractivity contribution in [2.75, 3.05) is 14.2 Å². The summed E-state index contributed by atoms with van der Waals surface area (Å²) in [6.45, 7) is 0. The van der Waals surface area contributed by atoms with Gasteiger partial charge in [-0.15, -0.1) is 11.3 Å². The molecule has 0 N–H and O–H groups in total. The van der Waals surface area contributed by atoms with E-state index < -0.39 is 4.92 Å². The van der Waals surface area contributed by atoms with Gasteiger partial charge in [-0.25, -0.2) is 4.98 Å². The van der Waals surface area contributed by atoms with Gasteiger partial charge in [0, 0.05) is 17.0 Å². The molecule has 0 radical (unpaired) electrons. The number of nitrogens with zero attached hydrogens (tertiary/aromatic N) is 2. The van der Waals surface area contributed by atoms with Gasteiger partial charge < -0.3 is 9.47 Å². The van der Waals surface area contributed by atoms with Crippen molar-refractivity contribution in [3.63, 3.8) is 0 Å². The number of nitro groups is 1. The summed E-state index contributed by atoms with van der Waals surface area (Å²) < 4.78 is 10.6. The molecule has 0 atom stereocenters. The molecule has 6 nitrogen and oxygen atoms in total. The van der Waals surface area contributed by atoms with E-state index in [1.165, 1.54) is 17.4 Å². The Labute approximate surface area is 154 Å². The van der Waals surface area contributed by atoms with Gasteiger partial charge in [-0.3, -0.25) is 10.1 Å². The van der Waals surface area contributed by atoms with Gasteiger partial charge in [0.25, 0.3) is 5.69 Å². The average molecular weight is 368 g/mol. The lowest BCUT2D eigenvalue weighted by atomic mass is 10.1. The van der Waals surface area contributed by atoms with Crippen LogP contribution in [0.4, 0.5) is 5.69 Å². The molecule has 0 amide bonds. The lowest BCUT2D eigenvalue weighted by Gasteiger charge is -2.08. The van der Waals surface area contributed by atoms with Gasteiger partial charge in [-0.2, -0.15) is 0 Å². The summed E-state index contributed by atoms with van der Waals surface area (Å²) >= 11 is 1.46. The third-order valence-electron chi connectivity index (χ3n) is 3.74. The fourth-order valence-corrected chi connectivity index (χ4v) is 3.17. The van der Waals surface area contributed by atoms with E-state index in [1.807, 2.05) is 23.6 Å². The predicted octanol–water partition coefficient (Wildman–Crippen LogP) is 4.91. The van der Waals surface area contributed by atoms with Crippen LogP contribution in [0.5, 0.6) is 11.5 Å². The number of aromatic nitrogens is 1. The Bertz CT molecular complexity index is 966. The van der Waals surface area contributed by atoms with E-state index >= 15 is 0 Å². The summed E-state index contributed by atoms with van der Waals surface area (Å²) in [5, 5.41) is 13.8. The Morgan fingerprint density at radius 3 is 2.58 bits per heavy atom. The first-order valence-corrected chi connectivity index (χ1v) is 8.59. The minimum absolute atomic E-state index is 0.0698. The quantitative estimate of drug-likeness (QED) is 0.457. The standard InChI is InChI=1S/C19H16N2O4S/c1-24-17-9-7-14(11-18(17)25-2)15-12-26-19(20-15)10-8-13-5-3-4-6-16(13)21(22)23/h3-12H,1-2H3/b10-8+. The van der Waals surface area contributed by atoms with Gasteiger partial charge >= 0.3 is 0 Å². The second-order valence-electron chi connectivity index (χ2n) is 5.29. The predicted molar refractivity (Wildman–Crippen MR) is 103 cm³/mol. The Hall–Kier alpha value is -3.19. The summed E-state index contributed by atoms with van der Waals surface area (Å²) in [5.41, 5.74) is 2.32. The van der Waals surface area contributed by atoms with Crippen LogP contribution in [0.2, 0.25) is 0 Å². The van der Waals surface area contributed by atoms with Crippen molar-refractivity contribution in [1.29, 1.82) is 0 Å². The van der Waals surface area contributed by atoms with Gasteiger partial charge in [0.2, 0.25) is 0 Å². The molecule has 0 spiro atoms. The molecule has 0 aliphatic rings. The Balaban J connectivity index is 1.86. The Kier molecular flexibility index (Phi) is 5.28. The zero-order chi connectivity index (χ0) is 18.5. The van der Waals surface area contributed by atoms with Gasteiger partial charge in [0.05, 0.1) is 30.4 Å². The van der Waals surface area contributed by atoms with Crippen molar-refractivity contribution >= 4 is 29.2 Å². The van der Waals surface area contributed by atoms with E-state index in [0.29, 0.717) is 17.1 Å². The second-order valence-corrected chi connectivity index (χ2v) is 6.18. The van der Waals surface area contributed by atoms with E-state index in [4.69, 9.17) is 9.47 Å². The summed E-state index contributed by atoms with van der Waals surface area (Å²) in [5.74, 6) is 1.29. The average Bonchev–Trinajstić information content (AvgIpc) is 3.15. The van der Waals surface area contributed by atoms with E-state index in [-0.39, 0.29) is 5.69 Å². The molecule has 1 heterocycles. The van der Waals surface area contributed by atoms with Crippen molar-refractivity contribution in [3.05, 3.63) is 68.5 Å². The highest BCUT2D eigenvalue weighted by molar-refractivity contribution is 7.10. The molecule has 26 heavy (non-hydrogen) atoms. The Morgan fingerprint density at radius 2 is 1.85 bits per heavy atom. The molecule has 0 aliphatic carbocycles. The van der Waals surface area contributed by atoms with Crippen molar-refractivity contribution in [3.8, 4) is 22.8 Å². The lowest BCUT2D eigenvalue weighted by molar-refractivity contribution is -0.385. The molecule has 0 saturated heterocycles. The van der Waals surface area contributed by atoms with Crippen LogP contribution in [0.15, 0.2) is 47.8 Å². The Morgan fingerprint density at radius 1 is 1.08 bits per heavy atom. The SMILES string of the molecule is COc1ccc(-c2csc(/C=C/c3ccccc3[N+](=O)[O-])n2)cc1OC. The molecular formula is C19H16N2O4S.